The van der Waals surface area contributed by atoms with Gasteiger partial charge in [-0.1, -0.05) is 54.6 Å². The number of nitrogens with zero attached hydrogens (tertiary/aromatic N) is 2. The minimum atomic E-state index is -0.575. The van der Waals surface area contributed by atoms with E-state index in [1.807, 2.05) is 42.5 Å². The Balaban J connectivity index is 1.93. The molecule has 0 saturated heterocycles. The summed E-state index contributed by atoms with van der Waals surface area (Å²) in [6.07, 6.45) is 6.44. The molecule has 4 rings (SSSR count). The van der Waals surface area contributed by atoms with Gasteiger partial charge in [0.2, 0.25) is 0 Å². The van der Waals surface area contributed by atoms with Gasteiger partial charge in [0.1, 0.15) is 5.75 Å². The van der Waals surface area contributed by atoms with Gasteiger partial charge in [-0.2, -0.15) is 9.78 Å². The molecule has 1 atom stereocenters. The Morgan fingerprint density at radius 1 is 1.15 bits per heavy atom. The van der Waals surface area contributed by atoms with E-state index in [0.29, 0.717) is 6.42 Å². The van der Waals surface area contributed by atoms with Gasteiger partial charge in [0.25, 0.3) is 0 Å². The molecule has 5 heteroatoms. The summed E-state index contributed by atoms with van der Waals surface area (Å²) in [5.41, 5.74) is 9.02. The van der Waals surface area contributed by atoms with Gasteiger partial charge in [-0.25, -0.2) is 4.79 Å². The van der Waals surface area contributed by atoms with E-state index in [1.165, 1.54) is 4.68 Å². The van der Waals surface area contributed by atoms with Crippen molar-refractivity contribution < 1.29 is 9.53 Å². The van der Waals surface area contributed by atoms with Gasteiger partial charge in [-0.15, -0.1) is 0 Å². The van der Waals surface area contributed by atoms with Crippen molar-refractivity contribution in [3.05, 3.63) is 89.3 Å². The van der Waals surface area contributed by atoms with Crippen molar-refractivity contribution in [1.29, 1.82) is 0 Å². The zero-order chi connectivity index (χ0) is 18.1. The van der Waals surface area contributed by atoms with Crippen molar-refractivity contribution in [3.63, 3.8) is 0 Å². The van der Waals surface area contributed by atoms with E-state index in [9.17, 15) is 4.79 Å². The van der Waals surface area contributed by atoms with E-state index >= 15 is 0 Å². The van der Waals surface area contributed by atoms with Crippen LogP contribution in [0.5, 0.6) is 5.75 Å². The highest BCUT2D eigenvalue weighted by Crippen LogP contribution is 2.42. The number of amides is 1. The molecule has 130 valence electrons. The first kappa shape index (κ1) is 16.1. The standard InChI is InChI=1S/C21H19N3O2/c1-26-18-9-5-8-17(12-18)21(16-6-3-2-4-7-16)11-10-15-14-23-24(20(22)25)19(15)13-21/h2-12,14H,13H2,1H3,(H2,22,25). The highest BCUT2D eigenvalue weighted by Gasteiger charge is 2.37. The van der Waals surface area contributed by atoms with Gasteiger partial charge in [-0.3, -0.25) is 0 Å². The molecule has 2 N–H and O–H groups in total. The molecular weight excluding hydrogens is 326 g/mol. The van der Waals surface area contributed by atoms with Crippen LogP contribution in [-0.4, -0.2) is 22.9 Å². The maximum absolute atomic E-state index is 11.8. The molecular formula is C21H19N3O2. The Kier molecular flexibility index (Phi) is 3.84. The topological polar surface area (TPSA) is 70.1 Å². The number of primary amides is 1. The largest absolute Gasteiger partial charge is 0.497 e. The summed E-state index contributed by atoms with van der Waals surface area (Å²) >= 11 is 0. The maximum Gasteiger partial charge on any atom is 0.339 e. The van der Waals surface area contributed by atoms with Gasteiger partial charge in [0.15, 0.2) is 0 Å². The molecule has 3 aromatic rings. The molecule has 1 aliphatic carbocycles. The number of methoxy groups -OCH3 is 1. The van der Waals surface area contributed by atoms with Gasteiger partial charge in [0.05, 0.1) is 19.0 Å². The van der Waals surface area contributed by atoms with Crippen LogP contribution in [0.1, 0.15) is 22.4 Å². The van der Waals surface area contributed by atoms with Crippen LogP contribution >= 0.6 is 0 Å². The minimum Gasteiger partial charge on any atom is -0.497 e. The van der Waals surface area contributed by atoms with Crippen LogP contribution in [0.2, 0.25) is 0 Å². The normalized spacial score (nSPS) is 18.3. The first-order valence-corrected chi connectivity index (χ1v) is 8.40. The number of hydrogen-bond donors (Lipinski definition) is 1. The van der Waals surface area contributed by atoms with Crippen LogP contribution in [0.3, 0.4) is 0 Å². The summed E-state index contributed by atoms with van der Waals surface area (Å²) in [7, 11) is 1.66. The monoisotopic (exact) mass is 345 g/mol. The van der Waals surface area contributed by atoms with Crippen LogP contribution in [0.25, 0.3) is 6.08 Å². The third kappa shape index (κ3) is 2.49. The summed E-state index contributed by atoms with van der Waals surface area (Å²) in [4.78, 5) is 11.8. The third-order valence-corrected chi connectivity index (χ3v) is 4.98. The molecule has 2 aromatic carbocycles. The van der Waals surface area contributed by atoms with E-state index in [1.54, 1.807) is 13.3 Å². The lowest BCUT2D eigenvalue weighted by molar-refractivity contribution is 0.246. The Hall–Kier alpha value is -3.34. The van der Waals surface area contributed by atoms with Crippen molar-refractivity contribution in [2.75, 3.05) is 7.11 Å². The van der Waals surface area contributed by atoms with Crippen molar-refractivity contribution in [1.82, 2.24) is 9.78 Å². The van der Waals surface area contributed by atoms with E-state index in [4.69, 9.17) is 10.5 Å². The molecule has 0 aliphatic heterocycles. The molecule has 0 bridgehead atoms. The molecule has 0 fully saturated rings. The lowest BCUT2D eigenvalue weighted by Gasteiger charge is -2.35. The smallest absolute Gasteiger partial charge is 0.339 e. The van der Waals surface area contributed by atoms with E-state index in [0.717, 1.165) is 28.1 Å². The fourth-order valence-electron chi connectivity index (χ4n) is 3.65. The molecule has 1 unspecified atom stereocenters. The first-order chi connectivity index (χ1) is 12.6. The summed E-state index contributed by atoms with van der Waals surface area (Å²) in [5.74, 6) is 0.792. The number of benzene rings is 2. The minimum absolute atomic E-state index is 0.434. The quantitative estimate of drug-likeness (QED) is 0.791. The van der Waals surface area contributed by atoms with Gasteiger partial charge >= 0.3 is 6.03 Å². The lowest BCUT2D eigenvalue weighted by atomic mass is 9.68. The predicted molar refractivity (Wildman–Crippen MR) is 100 cm³/mol. The Labute approximate surface area is 151 Å². The fraction of sp³-hybridized carbons (Fsp3) is 0.143. The van der Waals surface area contributed by atoms with Crippen LogP contribution in [0, 0.1) is 0 Å². The number of nitrogens with two attached hydrogens (primary N) is 1. The SMILES string of the molecule is COc1cccc(C2(c3ccccc3)C=Cc3cnn(C(N)=O)c3C2)c1. The molecule has 0 spiro atoms. The van der Waals surface area contributed by atoms with E-state index in [2.05, 4.69) is 29.4 Å². The number of fused-ring (bicyclic) bond motifs is 1. The third-order valence-electron chi connectivity index (χ3n) is 4.98. The number of rotatable bonds is 3. The Morgan fingerprint density at radius 3 is 2.65 bits per heavy atom. The highest BCUT2D eigenvalue weighted by atomic mass is 16.5. The number of ether oxygens (including phenoxy) is 1. The van der Waals surface area contributed by atoms with Gasteiger partial charge in [0, 0.05) is 17.4 Å². The number of hydrogen-bond acceptors (Lipinski definition) is 3. The molecule has 1 aliphatic rings. The van der Waals surface area contributed by atoms with Crippen LogP contribution in [-0.2, 0) is 11.8 Å². The second-order valence-corrected chi connectivity index (χ2v) is 6.38. The molecule has 1 amide bonds. The van der Waals surface area contributed by atoms with E-state index in [-0.39, 0.29) is 0 Å². The molecule has 0 radical (unpaired) electrons. The fourth-order valence-corrected chi connectivity index (χ4v) is 3.65. The zero-order valence-electron chi connectivity index (χ0n) is 14.4. The summed E-state index contributed by atoms with van der Waals surface area (Å²) in [6, 6.07) is 17.7. The van der Waals surface area contributed by atoms with Gasteiger partial charge < -0.3 is 10.5 Å². The lowest BCUT2D eigenvalue weighted by Crippen LogP contribution is -2.33. The molecule has 26 heavy (non-hydrogen) atoms. The summed E-state index contributed by atoms with van der Waals surface area (Å²) in [6.45, 7) is 0. The molecule has 5 nitrogen and oxygen atoms in total. The van der Waals surface area contributed by atoms with E-state index < -0.39 is 11.4 Å². The zero-order valence-corrected chi connectivity index (χ0v) is 14.4. The summed E-state index contributed by atoms with van der Waals surface area (Å²) < 4.78 is 6.72. The number of aromatic nitrogens is 2. The average molecular weight is 345 g/mol. The highest BCUT2D eigenvalue weighted by molar-refractivity contribution is 5.77. The first-order valence-electron chi connectivity index (χ1n) is 8.40. The van der Waals surface area contributed by atoms with Crippen molar-refractivity contribution in [2.24, 2.45) is 5.73 Å². The second-order valence-electron chi connectivity index (χ2n) is 6.38. The Bertz CT molecular complexity index is 992. The van der Waals surface area contributed by atoms with Crippen LogP contribution < -0.4 is 10.5 Å². The van der Waals surface area contributed by atoms with Crippen LogP contribution in [0.15, 0.2) is 66.9 Å². The van der Waals surface area contributed by atoms with Crippen molar-refractivity contribution in [3.8, 4) is 5.75 Å². The summed E-state index contributed by atoms with van der Waals surface area (Å²) in [5, 5.41) is 4.15. The number of carbonyl (C=O) groups excluding carboxylic acids is 1. The van der Waals surface area contributed by atoms with Gasteiger partial charge in [-0.05, 0) is 23.3 Å². The average Bonchev–Trinajstić information content (AvgIpc) is 3.11. The Morgan fingerprint density at radius 2 is 1.92 bits per heavy atom. The second kappa shape index (κ2) is 6.19. The van der Waals surface area contributed by atoms with Crippen LogP contribution in [0.4, 0.5) is 4.79 Å². The molecule has 0 saturated carbocycles. The number of carbonyl (C=O) groups is 1. The maximum atomic E-state index is 11.8. The predicted octanol–water partition coefficient (Wildman–Crippen LogP) is 3.37. The molecule has 1 heterocycles. The number of allylic oxidation sites excluding steroid dienone is 1. The van der Waals surface area contributed by atoms with Crippen molar-refractivity contribution >= 4 is 12.1 Å². The molecule has 1 aromatic heterocycles. The van der Waals surface area contributed by atoms with Crippen molar-refractivity contribution in [2.45, 2.75) is 11.8 Å².